The van der Waals surface area contributed by atoms with Gasteiger partial charge in [0.25, 0.3) is 0 Å². The molecule has 1 atom stereocenters. The molecule has 0 saturated carbocycles. The van der Waals surface area contributed by atoms with Crippen LogP contribution < -0.4 is 0 Å². The third-order valence-corrected chi connectivity index (χ3v) is 1.23. The van der Waals surface area contributed by atoms with Gasteiger partial charge in [-0.15, -0.1) is 11.6 Å². The second-order valence-electron chi connectivity index (χ2n) is 1.75. The highest BCUT2D eigenvalue weighted by Crippen LogP contribution is 2.00. The molecule has 0 aliphatic heterocycles. The summed E-state index contributed by atoms with van der Waals surface area (Å²) in [5, 5.41) is 6.65. The van der Waals surface area contributed by atoms with Crippen molar-refractivity contribution >= 4 is 11.6 Å². The molecule has 0 heterocycles. The number of rotatable bonds is 5. The molecule has 0 spiro atoms. The molecule has 0 fully saturated rings. The second kappa shape index (κ2) is 7.02. The molecular formula is C4H7ClN6. The van der Waals surface area contributed by atoms with Gasteiger partial charge in [-0.1, -0.05) is 10.2 Å². The van der Waals surface area contributed by atoms with Crippen LogP contribution in [-0.2, 0) is 0 Å². The van der Waals surface area contributed by atoms with Gasteiger partial charge in [-0.25, -0.2) is 0 Å². The van der Waals surface area contributed by atoms with E-state index in [4.69, 9.17) is 22.7 Å². The molecule has 0 aliphatic rings. The van der Waals surface area contributed by atoms with Crippen LogP contribution in [0.2, 0.25) is 0 Å². The van der Waals surface area contributed by atoms with Crippen LogP contribution in [-0.4, -0.2) is 18.5 Å². The predicted octanol–water partition coefficient (Wildman–Crippen LogP) is 2.60. The van der Waals surface area contributed by atoms with Crippen LogP contribution in [0.25, 0.3) is 20.9 Å². The summed E-state index contributed by atoms with van der Waals surface area (Å²) in [5.41, 5.74) is 16.0. The van der Waals surface area contributed by atoms with Crippen molar-refractivity contribution in [2.75, 3.05) is 12.4 Å². The van der Waals surface area contributed by atoms with Crippen LogP contribution in [0.1, 0.15) is 6.42 Å². The normalized spacial score (nSPS) is 11.0. The van der Waals surface area contributed by atoms with Gasteiger partial charge in [0.15, 0.2) is 0 Å². The highest BCUT2D eigenvalue weighted by atomic mass is 35.5. The maximum absolute atomic E-state index is 8.04. The van der Waals surface area contributed by atoms with E-state index < -0.39 is 0 Å². The van der Waals surface area contributed by atoms with E-state index in [1.165, 1.54) is 0 Å². The van der Waals surface area contributed by atoms with Gasteiger partial charge in [0, 0.05) is 28.3 Å². The second-order valence-corrected chi connectivity index (χ2v) is 2.13. The summed E-state index contributed by atoms with van der Waals surface area (Å²) < 4.78 is 0. The quantitative estimate of drug-likeness (QED) is 0.265. The molecule has 0 rings (SSSR count). The number of hydrogen-bond acceptors (Lipinski definition) is 2. The zero-order valence-electron chi connectivity index (χ0n) is 5.76. The minimum atomic E-state index is -0.312. The van der Waals surface area contributed by atoms with Crippen LogP contribution in [0, 0.1) is 0 Å². The Hall–Kier alpha value is -1.09. The van der Waals surface area contributed by atoms with Gasteiger partial charge in [-0.2, -0.15) is 0 Å². The molecule has 0 amide bonds. The van der Waals surface area contributed by atoms with E-state index in [1.807, 2.05) is 0 Å². The molecule has 1 unspecified atom stereocenters. The Morgan fingerprint density at radius 2 is 2.09 bits per heavy atom. The van der Waals surface area contributed by atoms with E-state index in [2.05, 4.69) is 20.1 Å². The predicted molar refractivity (Wildman–Crippen MR) is 42.3 cm³/mol. The van der Waals surface area contributed by atoms with Gasteiger partial charge in [0.05, 0.1) is 0 Å². The summed E-state index contributed by atoms with van der Waals surface area (Å²) in [6.45, 7) is 0.174. The molecule has 0 aliphatic carbocycles. The van der Waals surface area contributed by atoms with E-state index >= 15 is 0 Å². The Balaban J connectivity index is 3.87. The molecule has 60 valence electrons. The van der Waals surface area contributed by atoms with Crippen LogP contribution in [0.15, 0.2) is 10.2 Å². The Kier molecular flexibility index (Phi) is 6.33. The summed E-state index contributed by atoms with van der Waals surface area (Å²) in [6.07, 6.45) is 0.532. The smallest absolute Gasteiger partial charge is 0.0441 e. The maximum atomic E-state index is 8.04. The van der Waals surface area contributed by atoms with Crippen molar-refractivity contribution in [3.05, 3.63) is 20.9 Å². The minimum absolute atomic E-state index is 0.174. The summed E-state index contributed by atoms with van der Waals surface area (Å²) in [4.78, 5) is 5.13. The first kappa shape index (κ1) is 9.91. The lowest BCUT2D eigenvalue weighted by molar-refractivity contribution is 0.657. The van der Waals surface area contributed by atoms with Crippen molar-refractivity contribution < 1.29 is 0 Å². The Labute approximate surface area is 68.4 Å². The SMILES string of the molecule is [N-]=[N+]=NCC(CCCl)N=[N+]=[N-]. The first-order chi connectivity index (χ1) is 5.35. The fraction of sp³-hybridized carbons (Fsp3) is 1.00. The van der Waals surface area contributed by atoms with E-state index in [0.29, 0.717) is 12.3 Å². The number of hydrogen-bond donors (Lipinski definition) is 0. The van der Waals surface area contributed by atoms with Gasteiger partial charge in [-0.3, -0.25) is 0 Å². The van der Waals surface area contributed by atoms with E-state index in [1.54, 1.807) is 0 Å². The van der Waals surface area contributed by atoms with Gasteiger partial charge in [0.2, 0.25) is 0 Å². The Morgan fingerprint density at radius 1 is 1.36 bits per heavy atom. The van der Waals surface area contributed by atoms with Crippen LogP contribution in [0.5, 0.6) is 0 Å². The van der Waals surface area contributed by atoms with E-state index in [9.17, 15) is 0 Å². The van der Waals surface area contributed by atoms with Crippen molar-refractivity contribution in [2.45, 2.75) is 12.5 Å². The molecule has 0 aromatic rings. The van der Waals surface area contributed by atoms with Crippen LogP contribution in [0.4, 0.5) is 0 Å². The molecule has 0 N–H and O–H groups in total. The lowest BCUT2D eigenvalue weighted by Gasteiger charge is -2.01. The van der Waals surface area contributed by atoms with Crippen molar-refractivity contribution in [3.63, 3.8) is 0 Å². The Morgan fingerprint density at radius 3 is 2.55 bits per heavy atom. The summed E-state index contributed by atoms with van der Waals surface area (Å²) >= 11 is 5.39. The largest absolute Gasteiger partial charge is 0.127 e. The number of halogens is 1. The van der Waals surface area contributed by atoms with Crippen LogP contribution in [0.3, 0.4) is 0 Å². The highest BCUT2D eigenvalue weighted by molar-refractivity contribution is 6.17. The average Bonchev–Trinajstić information content (AvgIpc) is 2.01. The summed E-state index contributed by atoms with van der Waals surface area (Å²) in [6, 6.07) is -0.312. The molecule has 11 heavy (non-hydrogen) atoms. The van der Waals surface area contributed by atoms with Crippen molar-refractivity contribution in [3.8, 4) is 0 Å². The summed E-state index contributed by atoms with van der Waals surface area (Å²) in [5.74, 6) is 0.393. The first-order valence-electron chi connectivity index (χ1n) is 2.96. The van der Waals surface area contributed by atoms with Gasteiger partial charge >= 0.3 is 0 Å². The first-order valence-corrected chi connectivity index (χ1v) is 3.49. The fourth-order valence-electron chi connectivity index (χ4n) is 0.515. The average molecular weight is 175 g/mol. The zero-order chi connectivity index (χ0) is 8.53. The van der Waals surface area contributed by atoms with Gasteiger partial charge < -0.3 is 0 Å². The summed E-state index contributed by atoms with van der Waals surface area (Å²) in [7, 11) is 0. The molecular weight excluding hydrogens is 168 g/mol. The van der Waals surface area contributed by atoms with Crippen molar-refractivity contribution in [1.29, 1.82) is 0 Å². The molecule has 0 bridgehead atoms. The third-order valence-electron chi connectivity index (χ3n) is 1.01. The third kappa shape index (κ3) is 5.36. The monoisotopic (exact) mass is 174 g/mol. The standard InChI is InChI=1S/C4H7ClN6/c5-2-1-4(9-11-7)3-8-10-6/h4H,1-3H2. The number of azide groups is 2. The van der Waals surface area contributed by atoms with Gasteiger partial charge in [0.1, 0.15) is 0 Å². The number of nitrogens with zero attached hydrogens (tertiary/aromatic N) is 6. The van der Waals surface area contributed by atoms with E-state index in [-0.39, 0.29) is 12.6 Å². The van der Waals surface area contributed by atoms with Crippen LogP contribution >= 0.6 is 11.6 Å². The molecule has 0 radical (unpaired) electrons. The topological polar surface area (TPSA) is 97.5 Å². The Bertz CT molecular complexity index is 191. The highest BCUT2D eigenvalue weighted by Gasteiger charge is 2.02. The maximum Gasteiger partial charge on any atom is 0.0441 e. The lowest BCUT2D eigenvalue weighted by Crippen LogP contribution is -2.07. The molecule has 0 saturated heterocycles. The minimum Gasteiger partial charge on any atom is -0.127 e. The van der Waals surface area contributed by atoms with Gasteiger partial charge in [-0.05, 0) is 17.5 Å². The number of alkyl halides is 1. The van der Waals surface area contributed by atoms with Crippen molar-refractivity contribution in [2.24, 2.45) is 10.2 Å². The molecule has 0 aromatic carbocycles. The molecule has 6 nitrogen and oxygen atoms in total. The zero-order valence-corrected chi connectivity index (χ0v) is 6.52. The molecule has 0 aromatic heterocycles. The van der Waals surface area contributed by atoms with E-state index in [0.717, 1.165) is 0 Å². The van der Waals surface area contributed by atoms with Crippen molar-refractivity contribution in [1.82, 2.24) is 0 Å². The lowest BCUT2D eigenvalue weighted by atomic mass is 10.2. The fourth-order valence-corrected chi connectivity index (χ4v) is 0.767. The molecule has 7 heteroatoms.